The lowest BCUT2D eigenvalue weighted by Crippen LogP contribution is -2.29. The average molecular weight is 388 g/mol. The highest BCUT2D eigenvalue weighted by molar-refractivity contribution is 5.97. The highest BCUT2D eigenvalue weighted by atomic mass is 19.1. The lowest BCUT2D eigenvalue weighted by molar-refractivity contribution is -0.384. The molecular formula is C19H17FN2O6. The van der Waals surface area contributed by atoms with E-state index >= 15 is 0 Å². The highest BCUT2D eigenvalue weighted by Gasteiger charge is 2.20. The molecule has 9 heteroatoms. The van der Waals surface area contributed by atoms with Crippen molar-refractivity contribution < 1.29 is 28.4 Å². The van der Waals surface area contributed by atoms with Gasteiger partial charge in [-0.1, -0.05) is 12.1 Å². The average Bonchev–Trinajstić information content (AvgIpc) is 2.67. The van der Waals surface area contributed by atoms with E-state index in [9.17, 15) is 24.1 Å². The molecule has 2 rings (SSSR count). The molecule has 1 atom stereocenters. The molecule has 1 amide bonds. The Balaban J connectivity index is 2.00. The Labute approximate surface area is 159 Å². The van der Waals surface area contributed by atoms with Gasteiger partial charge in [0.1, 0.15) is 11.6 Å². The van der Waals surface area contributed by atoms with Crippen molar-refractivity contribution in [3.05, 3.63) is 70.0 Å². The molecule has 1 N–H and O–H groups in total. The van der Waals surface area contributed by atoms with Crippen LogP contribution in [0.5, 0.6) is 5.75 Å². The molecule has 1 unspecified atom stereocenters. The van der Waals surface area contributed by atoms with Crippen LogP contribution < -0.4 is 10.1 Å². The molecule has 2 aromatic rings. The summed E-state index contributed by atoms with van der Waals surface area (Å²) in [6, 6.07) is 9.16. The van der Waals surface area contributed by atoms with Crippen LogP contribution in [-0.2, 0) is 14.3 Å². The molecule has 0 bridgehead atoms. The van der Waals surface area contributed by atoms with Crippen molar-refractivity contribution in [2.75, 3.05) is 12.4 Å². The number of carbonyl (C=O) groups excluding carboxylic acids is 2. The maximum Gasteiger partial charge on any atom is 0.331 e. The molecule has 0 fully saturated rings. The fourth-order valence-corrected chi connectivity index (χ4v) is 2.15. The number of hydrogen-bond acceptors (Lipinski definition) is 6. The number of methoxy groups -OCH3 is 1. The summed E-state index contributed by atoms with van der Waals surface area (Å²) in [6.07, 6.45) is 1.34. The Morgan fingerprint density at radius 2 is 1.89 bits per heavy atom. The summed E-state index contributed by atoms with van der Waals surface area (Å²) in [6.45, 7) is 1.35. The van der Waals surface area contributed by atoms with Crippen LogP contribution in [-0.4, -0.2) is 30.0 Å². The molecule has 0 spiro atoms. The number of amides is 1. The number of esters is 1. The first-order valence-electron chi connectivity index (χ1n) is 8.07. The number of non-ortho nitro benzene ring substituents is 1. The van der Waals surface area contributed by atoms with Gasteiger partial charge >= 0.3 is 5.97 Å². The van der Waals surface area contributed by atoms with E-state index in [0.29, 0.717) is 5.56 Å². The molecule has 146 valence electrons. The van der Waals surface area contributed by atoms with Crippen molar-refractivity contribution in [3.8, 4) is 5.75 Å². The maximum atomic E-state index is 12.8. The largest absolute Gasteiger partial charge is 0.495 e. The summed E-state index contributed by atoms with van der Waals surface area (Å²) in [5.41, 5.74) is 0.422. The van der Waals surface area contributed by atoms with Crippen LogP contribution in [0.25, 0.3) is 6.08 Å². The van der Waals surface area contributed by atoms with Crippen LogP contribution in [0.3, 0.4) is 0 Å². The minimum atomic E-state index is -1.17. The fraction of sp³-hybridized carbons (Fsp3) is 0.158. The zero-order chi connectivity index (χ0) is 20.7. The summed E-state index contributed by atoms with van der Waals surface area (Å²) >= 11 is 0. The lowest BCUT2D eigenvalue weighted by Gasteiger charge is -2.14. The first kappa shape index (κ1) is 20.6. The Morgan fingerprint density at radius 3 is 2.50 bits per heavy atom. The molecule has 0 aliphatic heterocycles. The molecule has 0 radical (unpaired) electrons. The van der Waals surface area contributed by atoms with Gasteiger partial charge in [0.05, 0.1) is 17.7 Å². The number of benzene rings is 2. The van der Waals surface area contributed by atoms with Gasteiger partial charge in [0, 0.05) is 18.2 Å². The molecule has 28 heavy (non-hydrogen) atoms. The molecule has 0 saturated heterocycles. The van der Waals surface area contributed by atoms with E-state index in [2.05, 4.69) is 5.32 Å². The smallest absolute Gasteiger partial charge is 0.331 e. The summed E-state index contributed by atoms with van der Waals surface area (Å²) in [5.74, 6) is -1.66. The molecular weight excluding hydrogens is 371 g/mol. The van der Waals surface area contributed by atoms with Gasteiger partial charge in [-0.15, -0.1) is 0 Å². The number of carbonyl (C=O) groups is 2. The van der Waals surface area contributed by atoms with Crippen LogP contribution in [0.2, 0.25) is 0 Å². The van der Waals surface area contributed by atoms with Crippen molar-refractivity contribution in [1.29, 1.82) is 0 Å². The number of nitro groups is 1. The van der Waals surface area contributed by atoms with Crippen LogP contribution in [0.15, 0.2) is 48.5 Å². The Hall–Kier alpha value is -3.75. The molecule has 0 aliphatic rings. The second kappa shape index (κ2) is 9.26. The third-order valence-corrected chi connectivity index (χ3v) is 3.60. The lowest BCUT2D eigenvalue weighted by atomic mass is 10.2. The fourth-order valence-electron chi connectivity index (χ4n) is 2.15. The summed E-state index contributed by atoms with van der Waals surface area (Å²) in [5, 5.41) is 13.3. The quantitative estimate of drug-likeness (QED) is 0.337. The SMILES string of the molecule is COc1ccc([N+](=O)[O-])cc1NC(=O)C(C)OC(=O)C=Cc1ccc(F)cc1. The first-order chi connectivity index (χ1) is 13.3. The van der Waals surface area contributed by atoms with Gasteiger partial charge in [0.2, 0.25) is 0 Å². The van der Waals surface area contributed by atoms with E-state index in [4.69, 9.17) is 9.47 Å². The van der Waals surface area contributed by atoms with E-state index in [0.717, 1.165) is 12.1 Å². The molecule has 0 aliphatic carbocycles. The molecule has 0 aromatic heterocycles. The van der Waals surface area contributed by atoms with Crippen LogP contribution in [0.1, 0.15) is 12.5 Å². The minimum absolute atomic E-state index is 0.0754. The van der Waals surface area contributed by atoms with Crippen molar-refractivity contribution in [2.45, 2.75) is 13.0 Å². The molecule has 2 aromatic carbocycles. The Morgan fingerprint density at radius 1 is 1.21 bits per heavy atom. The van der Waals surface area contributed by atoms with Crippen LogP contribution >= 0.6 is 0 Å². The summed E-state index contributed by atoms with van der Waals surface area (Å²) < 4.78 is 22.9. The van der Waals surface area contributed by atoms with Gasteiger partial charge in [0.25, 0.3) is 11.6 Å². The van der Waals surface area contributed by atoms with E-state index in [-0.39, 0.29) is 17.1 Å². The van der Waals surface area contributed by atoms with Gasteiger partial charge in [-0.2, -0.15) is 0 Å². The van der Waals surface area contributed by atoms with E-state index in [1.807, 2.05) is 0 Å². The number of nitrogens with one attached hydrogen (secondary N) is 1. The van der Waals surface area contributed by atoms with Crippen molar-refractivity contribution >= 4 is 29.3 Å². The molecule has 8 nitrogen and oxygen atoms in total. The Bertz CT molecular complexity index is 911. The van der Waals surface area contributed by atoms with Gasteiger partial charge in [-0.3, -0.25) is 14.9 Å². The predicted molar refractivity (Wildman–Crippen MR) is 99.3 cm³/mol. The normalized spacial score (nSPS) is 11.7. The topological polar surface area (TPSA) is 108 Å². The van der Waals surface area contributed by atoms with Crippen LogP contribution in [0, 0.1) is 15.9 Å². The number of nitrogens with zero attached hydrogens (tertiary/aromatic N) is 1. The standard InChI is InChI=1S/C19H17FN2O6/c1-12(28-18(23)10-5-13-3-6-14(20)7-4-13)19(24)21-16-11-15(22(25)26)8-9-17(16)27-2/h3-12H,1-2H3,(H,21,24). The summed E-state index contributed by atoms with van der Waals surface area (Å²) in [7, 11) is 1.35. The third-order valence-electron chi connectivity index (χ3n) is 3.60. The maximum absolute atomic E-state index is 12.8. The number of ether oxygens (including phenoxy) is 2. The third kappa shape index (κ3) is 5.63. The van der Waals surface area contributed by atoms with Crippen molar-refractivity contribution in [1.82, 2.24) is 0 Å². The molecule has 0 heterocycles. The van der Waals surface area contributed by atoms with Crippen molar-refractivity contribution in [3.63, 3.8) is 0 Å². The summed E-state index contributed by atoms with van der Waals surface area (Å²) in [4.78, 5) is 34.3. The van der Waals surface area contributed by atoms with Gasteiger partial charge in [0.15, 0.2) is 6.10 Å². The zero-order valence-corrected chi connectivity index (χ0v) is 15.0. The number of nitro benzene ring substituents is 1. The second-order valence-corrected chi connectivity index (χ2v) is 5.59. The highest BCUT2D eigenvalue weighted by Crippen LogP contribution is 2.29. The van der Waals surface area contributed by atoms with Gasteiger partial charge in [-0.25, -0.2) is 9.18 Å². The predicted octanol–water partition coefficient (Wildman–Crippen LogP) is 3.33. The van der Waals surface area contributed by atoms with Gasteiger partial charge in [-0.05, 0) is 36.8 Å². The Kier molecular flexibility index (Phi) is 6.80. The first-order valence-corrected chi connectivity index (χ1v) is 8.07. The number of rotatable bonds is 7. The van der Waals surface area contributed by atoms with Crippen LogP contribution in [0.4, 0.5) is 15.8 Å². The van der Waals surface area contributed by atoms with E-state index in [1.165, 1.54) is 56.5 Å². The van der Waals surface area contributed by atoms with Gasteiger partial charge < -0.3 is 14.8 Å². The molecule has 0 saturated carbocycles. The number of hydrogen-bond donors (Lipinski definition) is 1. The monoisotopic (exact) mass is 388 g/mol. The zero-order valence-electron chi connectivity index (χ0n) is 15.0. The second-order valence-electron chi connectivity index (χ2n) is 5.59. The van der Waals surface area contributed by atoms with E-state index in [1.54, 1.807) is 0 Å². The number of anilines is 1. The minimum Gasteiger partial charge on any atom is -0.495 e. The van der Waals surface area contributed by atoms with E-state index < -0.39 is 28.7 Å². The van der Waals surface area contributed by atoms with Crippen molar-refractivity contribution in [2.24, 2.45) is 0 Å². The number of halogens is 1.